The summed E-state index contributed by atoms with van der Waals surface area (Å²) in [4.78, 5) is 0. The quantitative estimate of drug-likeness (QED) is 0.135. The van der Waals surface area contributed by atoms with Crippen LogP contribution in [0.1, 0.15) is 71.6 Å². The number of hydrogen-bond acceptors (Lipinski definition) is 7. The van der Waals surface area contributed by atoms with E-state index in [1.54, 1.807) is 0 Å². The lowest BCUT2D eigenvalue weighted by Gasteiger charge is -2.50. The van der Waals surface area contributed by atoms with E-state index in [0.717, 1.165) is 23.5 Å². The standard InChI is InChI=1S/C22H46N2O6SSi/c1-4-6-8-10-15-24(3,14-9-7-5-2)16-12-18-32-28-19-22(20-29-32,21-30-32)23-13-11-17-31(25,26)27/h23H,4-21H2,1-3H3. The number of nitrogens with zero attached hydrogens (tertiary/aromatic N) is 1. The molecule has 0 aromatic rings. The zero-order valence-corrected chi connectivity index (χ0v) is 22.3. The Morgan fingerprint density at radius 1 is 0.875 bits per heavy atom. The molecule has 1 unspecified atom stereocenters. The van der Waals surface area contributed by atoms with Crippen molar-refractivity contribution in [1.82, 2.24) is 5.32 Å². The summed E-state index contributed by atoms with van der Waals surface area (Å²) in [7, 11) is -4.36. The van der Waals surface area contributed by atoms with Crippen LogP contribution in [0.25, 0.3) is 0 Å². The highest BCUT2D eigenvalue weighted by Crippen LogP contribution is 2.33. The van der Waals surface area contributed by atoms with Gasteiger partial charge in [0.25, 0.3) is 0 Å². The van der Waals surface area contributed by atoms with Crippen molar-refractivity contribution in [2.75, 3.05) is 58.8 Å². The Labute approximate surface area is 197 Å². The molecule has 190 valence electrons. The zero-order chi connectivity index (χ0) is 23.6. The van der Waals surface area contributed by atoms with Gasteiger partial charge in [-0.2, -0.15) is 0 Å². The molecule has 0 saturated carbocycles. The Bertz CT molecular complexity index is 626. The van der Waals surface area contributed by atoms with Crippen molar-refractivity contribution in [3.63, 3.8) is 0 Å². The molecular weight excluding hydrogens is 448 g/mol. The van der Waals surface area contributed by atoms with Gasteiger partial charge in [0.15, 0.2) is 0 Å². The van der Waals surface area contributed by atoms with Gasteiger partial charge in [0, 0.05) is 18.2 Å². The fourth-order valence-electron chi connectivity index (χ4n) is 4.64. The highest BCUT2D eigenvalue weighted by molar-refractivity contribution is 7.85. The van der Waals surface area contributed by atoms with Gasteiger partial charge in [-0.1, -0.05) is 33.1 Å². The monoisotopic (exact) mass is 494 g/mol. The molecule has 3 heterocycles. The molecular formula is C22H46N2O6SSi. The first kappa shape index (κ1) is 28.2. The molecule has 3 rings (SSSR count). The first-order chi connectivity index (χ1) is 15.2. The molecule has 8 nitrogen and oxygen atoms in total. The number of rotatable bonds is 18. The SMILES string of the molecule is CCCCCC[N+](C)(CCCCC)CCC[Si]12OCC(NCCCS(=O)(=O)[O-])(CO1)CO2. The summed E-state index contributed by atoms with van der Waals surface area (Å²) in [6, 6.07) is 0.855. The molecule has 1 N–H and O–H groups in total. The van der Waals surface area contributed by atoms with Crippen LogP contribution in [0.2, 0.25) is 6.04 Å². The van der Waals surface area contributed by atoms with Gasteiger partial charge in [0.1, 0.15) is 0 Å². The number of fused-ring (bicyclic) bond motifs is 3. The summed E-state index contributed by atoms with van der Waals surface area (Å²) in [6.45, 7) is 10.2. The maximum atomic E-state index is 10.8. The average molecular weight is 495 g/mol. The summed E-state index contributed by atoms with van der Waals surface area (Å²) in [5.74, 6) is -0.356. The van der Waals surface area contributed by atoms with Crippen LogP contribution < -0.4 is 5.32 Å². The van der Waals surface area contributed by atoms with E-state index in [2.05, 4.69) is 26.2 Å². The van der Waals surface area contributed by atoms with Gasteiger partial charge in [-0.25, -0.2) is 8.42 Å². The molecule has 0 aliphatic carbocycles. The van der Waals surface area contributed by atoms with Crippen molar-refractivity contribution < 1.29 is 30.7 Å². The molecule has 3 aliphatic rings. The Morgan fingerprint density at radius 2 is 1.41 bits per heavy atom. The second-order valence-corrected chi connectivity index (χ2v) is 14.3. The van der Waals surface area contributed by atoms with E-state index in [9.17, 15) is 13.0 Å². The van der Waals surface area contributed by atoms with Gasteiger partial charge in [-0.15, -0.1) is 0 Å². The Kier molecular flexibility index (Phi) is 11.6. The molecule has 10 heteroatoms. The molecule has 1 atom stereocenters. The van der Waals surface area contributed by atoms with Gasteiger partial charge < -0.3 is 27.6 Å². The predicted molar refractivity (Wildman–Crippen MR) is 127 cm³/mol. The van der Waals surface area contributed by atoms with Gasteiger partial charge in [0.2, 0.25) is 0 Å². The number of unbranched alkanes of at least 4 members (excludes halogenated alkanes) is 5. The normalized spacial score (nSPS) is 27.5. The van der Waals surface area contributed by atoms with E-state index >= 15 is 0 Å². The molecule has 0 spiro atoms. The molecule has 2 bridgehead atoms. The highest BCUT2D eigenvalue weighted by atomic mass is 32.2. The lowest BCUT2D eigenvalue weighted by Crippen LogP contribution is -2.72. The largest absolute Gasteiger partial charge is 0.748 e. The molecule has 0 radical (unpaired) electrons. The van der Waals surface area contributed by atoms with Crippen LogP contribution in [-0.2, 0) is 23.4 Å². The van der Waals surface area contributed by atoms with Crippen molar-refractivity contribution in [3.8, 4) is 0 Å². The predicted octanol–water partition coefficient (Wildman–Crippen LogP) is 2.87. The summed E-state index contributed by atoms with van der Waals surface area (Å²) in [5.41, 5.74) is -0.425. The minimum Gasteiger partial charge on any atom is -0.748 e. The van der Waals surface area contributed by atoms with Crippen molar-refractivity contribution in [1.29, 1.82) is 0 Å². The first-order valence-corrected chi connectivity index (χ1v) is 16.1. The minimum atomic E-state index is -4.17. The molecule has 3 aliphatic heterocycles. The van der Waals surface area contributed by atoms with E-state index in [-0.39, 0.29) is 12.2 Å². The van der Waals surface area contributed by atoms with E-state index in [1.807, 2.05) is 0 Å². The summed E-state index contributed by atoms with van der Waals surface area (Å²) in [6.07, 6.45) is 10.4. The van der Waals surface area contributed by atoms with E-state index in [0.29, 0.717) is 26.4 Å². The second-order valence-electron chi connectivity index (χ2n) is 10.0. The smallest absolute Gasteiger partial charge is 0.501 e. The van der Waals surface area contributed by atoms with Crippen LogP contribution in [0.3, 0.4) is 0 Å². The van der Waals surface area contributed by atoms with E-state index in [1.165, 1.54) is 58.0 Å². The fraction of sp³-hybridized carbons (Fsp3) is 1.00. The van der Waals surface area contributed by atoms with Gasteiger partial charge in [-0.05, 0) is 38.6 Å². The van der Waals surface area contributed by atoms with Gasteiger partial charge in [0.05, 0.1) is 62.2 Å². The molecule has 3 fully saturated rings. The van der Waals surface area contributed by atoms with Crippen LogP contribution >= 0.6 is 0 Å². The van der Waals surface area contributed by atoms with Crippen molar-refractivity contribution in [2.24, 2.45) is 0 Å². The lowest BCUT2D eigenvalue weighted by molar-refractivity contribution is -0.910. The van der Waals surface area contributed by atoms with E-state index in [4.69, 9.17) is 13.3 Å². The molecule has 0 amide bonds. The van der Waals surface area contributed by atoms with Gasteiger partial charge >= 0.3 is 8.80 Å². The van der Waals surface area contributed by atoms with Crippen LogP contribution in [-0.4, -0.2) is 90.6 Å². The molecule has 0 aromatic carbocycles. The third kappa shape index (κ3) is 9.66. The molecule has 3 saturated heterocycles. The zero-order valence-electron chi connectivity index (χ0n) is 20.5. The molecule has 0 aromatic heterocycles. The van der Waals surface area contributed by atoms with Crippen molar-refractivity contribution in [3.05, 3.63) is 0 Å². The summed E-state index contributed by atoms with van der Waals surface area (Å²) in [5, 5.41) is 3.30. The number of nitrogens with one attached hydrogen (secondary N) is 1. The third-order valence-corrected chi connectivity index (χ3v) is 10.3. The Morgan fingerprint density at radius 3 is 1.97 bits per heavy atom. The van der Waals surface area contributed by atoms with Crippen LogP contribution in [0.5, 0.6) is 0 Å². The fourth-order valence-corrected chi connectivity index (χ4v) is 7.90. The lowest BCUT2D eigenvalue weighted by atomic mass is 10.0. The maximum Gasteiger partial charge on any atom is 0.501 e. The van der Waals surface area contributed by atoms with Crippen LogP contribution in [0, 0.1) is 0 Å². The third-order valence-electron chi connectivity index (χ3n) is 6.81. The molecule has 32 heavy (non-hydrogen) atoms. The Balaban J connectivity index is 1.75. The minimum absolute atomic E-state index is 0.281. The second kappa shape index (κ2) is 13.1. The number of hydrogen-bond donors (Lipinski definition) is 1. The van der Waals surface area contributed by atoms with Crippen LogP contribution in [0.15, 0.2) is 0 Å². The topological polar surface area (TPSA) is 96.9 Å². The average Bonchev–Trinajstić information content (AvgIpc) is 2.75. The summed E-state index contributed by atoms with van der Waals surface area (Å²) < 4.78 is 51.8. The maximum absolute atomic E-state index is 10.8. The first-order valence-electron chi connectivity index (χ1n) is 12.6. The summed E-state index contributed by atoms with van der Waals surface area (Å²) >= 11 is 0. The van der Waals surface area contributed by atoms with Crippen molar-refractivity contribution >= 4 is 18.9 Å². The van der Waals surface area contributed by atoms with E-state index < -0.39 is 24.5 Å². The van der Waals surface area contributed by atoms with Crippen molar-refractivity contribution in [2.45, 2.75) is 83.2 Å². The highest BCUT2D eigenvalue weighted by Gasteiger charge is 2.56. The Hall–Kier alpha value is -0.0731. The van der Waals surface area contributed by atoms with Crippen LogP contribution in [0.4, 0.5) is 0 Å². The van der Waals surface area contributed by atoms with Gasteiger partial charge in [-0.3, -0.25) is 0 Å². The number of quaternary nitrogens is 1.